The lowest BCUT2D eigenvalue weighted by molar-refractivity contribution is -0.139. The van der Waals surface area contributed by atoms with Crippen LogP contribution in [0.15, 0.2) is 18.2 Å². The average Bonchev–Trinajstić information content (AvgIpc) is 3.06. The van der Waals surface area contributed by atoms with E-state index in [2.05, 4.69) is 0 Å². The Bertz CT molecular complexity index is 588. The summed E-state index contributed by atoms with van der Waals surface area (Å²) < 4.78 is 32.6. The highest BCUT2D eigenvalue weighted by Gasteiger charge is 2.21. The Kier molecular flexibility index (Phi) is 6.66. The Morgan fingerprint density at radius 2 is 2.08 bits per heavy atom. The van der Waals surface area contributed by atoms with Crippen molar-refractivity contribution in [2.45, 2.75) is 44.8 Å². The molecule has 0 aromatic heterocycles. The maximum absolute atomic E-state index is 13.8. The number of amides is 1. The second kappa shape index (κ2) is 8.73. The number of nitrogens with zero attached hydrogens (tertiary/aromatic N) is 1. The van der Waals surface area contributed by atoms with Gasteiger partial charge in [0.15, 0.2) is 11.6 Å². The third-order valence-electron chi connectivity index (χ3n) is 4.05. The number of halogens is 2. The first-order valence-electron chi connectivity index (χ1n) is 8.01. The Balaban J connectivity index is 2.00. The molecule has 1 aromatic carbocycles. The number of rotatable bonds is 8. The van der Waals surface area contributed by atoms with Gasteiger partial charge in [-0.25, -0.2) is 8.78 Å². The van der Waals surface area contributed by atoms with Crippen LogP contribution in [0.3, 0.4) is 0 Å². The molecule has 1 atom stereocenters. The number of carbonyl (C=O) groups excluding carboxylic acids is 1. The van der Waals surface area contributed by atoms with Gasteiger partial charge in [-0.05, 0) is 25.3 Å². The molecular weight excluding hydrogens is 320 g/mol. The van der Waals surface area contributed by atoms with Crippen molar-refractivity contribution in [3.8, 4) is 0 Å². The first-order valence-corrected chi connectivity index (χ1v) is 8.01. The van der Waals surface area contributed by atoms with Crippen LogP contribution >= 0.6 is 0 Å². The van der Waals surface area contributed by atoms with Crippen LogP contribution in [0.4, 0.5) is 8.78 Å². The number of hydrogen-bond acceptors (Lipinski definition) is 3. The fourth-order valence-corrected chi connectivity index (χ4v) is 2.71. The van der Waals surface area contributed by atoms with Crippen LogP contribution in [0.1, 0.15) is 37.7 Å². The van der Waals surface area contributed by atoms with Gasteiger partial charge in [-0.3, -0.25) is 9.59 Å². The van der Waals surface area contributed by atoms with E-state index in [1.54, 1.807) is 0 Å². The monoisotopic (exact) mass is 341 g/mol. The lowest BCUT2D eigenvalue weighted by Crippen LogP contribution is -2.33. The fraction of sp³-hybridized carbons (Fsp3) is 0.529. The topological polar surface area (TPSA) is 66.8 Å². The average molecular weight is 341 g/mol. The largest absolute Gasteiger partial charge is 0.481 e. The summed E-state index contributed by atoms with van der Waals surface area (Å²) in [6.07, 6.45) is 2.41. The van der Waals surface area contributed by atoms with E-state index in [1.807, 2.05) is 0 Å². The minimum absolute atomic E-state index is 0.0332. The molecular formula is C17H21F2NO4. The van der Waals surface area contributed by atoms with Crippen molar-refractivity contribution in [1.29, 1.82) is 0 Å². The summed E-state index contributed by atoms with van der Waals surface area (Å²) in [5.74, 6) is -3.33. The van der Waals surface area contributed by atoms with Crippen LogP contribution in [0.2, 0.25) is 0 Å². The highest BCUT2D eigenvalue weighted by molar-refractivity contribution is 5.77. The number of carbonyl (C=O) groups is 2. The molecule has 0 unspecified atom stereocenters. The van der Waals surface area contributed by atoms with Gasteiger partial charge in [0, 0.05) is 31.7 Å². The molecule has 1 aliphatic rings. The zero-order chi connectivity index (χ0) is 17.5. The molecule has 1 amide bonds. The number of carboxylic acids is 1. The molecule has 1 N–H and O–H groups in total. The Hall–Kier alpha value is -2.02. The van der Waals surface area contributed by atoms with Crippen molar-refractivity contribution in [1.82, 2.24) is 4.90 Å². The molecule has 1 aliphatic heterocycles. The number of ether oxygens (including phenoxy) is 1. The molecule has 1 aromatic rings. The molecule has 0 bridgehead atoms. The zero-order valence-corrected chi connectivity index (χ0v) is 13.3. The summed E-state index contributed by atoms with van der Waals surface area (Å²) in [5, 5.41) is 8.82. The van der Waals surface area contributed by atoms with Crippen molar-refractivity contribution in [3.63, 3.8) is 0 Å². The van der Waals surface area contributed by atoms with Crippen LogP contribution in [0.25, 0.3) is 0 Å². The van der Waals surface area contributed by atoms with Crippen molar-refractivity contribution < 1.29 is 28.2 Å². The SMILES string of the molecule is O=C(O)CCN(Cc1cccc(F)c1F)C(=O)CC[C@@H]1CCCO1. The van der Waals surface area contributed by atoms with E-state index < -0.39 is 17.6 Å². The van der Waals surface area contributed by atoms with Crippen LogP contribution < -0.4 is 0 Å². The van der Waals surface area contributed by atoms with Crippen LogP contribution in [0, 0.1) is 11.6 Å². The van der Waals surface area contributed by atoms with Crippen LogP contribution in [-0.2, 0) is 20.9 Å². The molecule has 1 heterocycles. The maximum atomic E-state index is 13.8. The van der Waals surface area contributed by atoms with Crippen LogP contribution in [0.5, 0.6) is 0 Å². The van der Waals surface area contributed by atoms with Gasteiger partial charge in [0.25, 0.3) is 0 Å². The van der Waals surface area contributed by atoms with Gasteiger partial charge < -0.3 is 14.7 Å². The quantitative estimate of drug-likeness (QED) is 0.789. The summed E-state index contributed by atoms with van der Waals surface area (Å²) in [7, 11) is 0. The number of benzene rings is 1. The van der Waals surface area contributed by atoms with Gasteiger partial charge >= 0.3 is 5.97 Å². The van der Waals surface area contributed by atoms with Crippen molar-refractivity contribution in [2.24, 2.45) is 0 Å². The number of carboxylic acid groups (broad SMARTS) is 1. The predicted molar refractivity (Wildman–Crippen MR) is 82.2 cm³/mol. The van der Waals surface area contributed by atoms with Crippen molar-refractivity contribution >= 4 is 11.9 Å². The summed E-state index contributed by atoms with van der Waals surface area (Å²) >= 11 is 0. The van der Waals surface area contributed by atoms with Crippen LogP contribution in [-0.4, -0.2) is 41.1 Å². The standard InChI is InChI=1S/C17H21F2NO4/c18-14-5-1-3-12(17(14)19)11-20(9-8-16(22)23)15(21)7-6-13-4-2-10-24-13/h1,3,5,13H,2,4,6-11H2,(H,22,23)/t13-/m0/s1. The highest BCUT2D eigenvalue weighted by atomic mass is 19.2. The first kappa shape index (κ1) is 18.3. The Labute approximate surface area is 139 Å². The first-order chi connectivity index (χ1) is 11.5. The second-order valence-electron chi connectivity index (χ2n) is 5.85. The van der Waals surface area contributed by atoms with Gasteiger partial charge in [-0.15, -0.1) is 0 Å². The molecule has 0 radical (unpaired) electrons. The van der Waals surface area contributed by atoms with E-state index in [0.29, 0.717) is 13.0 Å². The molecule has 7 heteroatoms. The van der Waals surface area contributed by atoms with E-state index >= 15 is 0 Å². The summed E-state index contributed by atoms with van der Waals surface area (Å²) in [4.78, 5) is 24.4. The zero-order valence-electron chi connectivity index (χ0n) is 13.3. The Morgan fingerprint density at radius 1 is 1.29 bits per heavy atom. The van der Waals surface area contributed by atoms with Crippen molar-refractivity contribution in [3.05, 3.63) is 35.4 Å². The molecule has 0 spiro atoms. The van der Waals surface area contributed by atoms with E-state index in [9.17, 15) is 18.4 Å². The minimum atomic E-state index is -1.05. The third-order valence-corrected chi connectivity index (χ3v) is 4.05. The molecule has 132 valence electrons. The number of hydrogen-bond donors (Lipinski definition) is 1. The smallest absolute Gasteiger partial charge is 0.305 e. The molecule has 1 fully saturated rings. The summed E-state index contributed by atoms with van der Waals surface area (Å²) in [6, 6.07) is 3.75. The lowest BCUT2D eigenvalue weighted by atomic mass is 10.1. The predicted octanol–water partition coefficient (Wildman–Crippen LogP) is 2.73. The molecule has 0 saturated carbocycles. The lowest BCUT2D eigenvalue weighted by Gasteiger charge is -2.23. The normalized spacial score (nSPS) is 17.0. The number of aliphatic carboxylic acids is 1. The van der Waals surface area contributed by atoms with Gasteiger partial charge in [0.1, 0.15) is 0 Å². The molecule has 5 nitrogen and oxygen atoms in total. The highest BCUT2D eigenvalue weighted by Crippen LogP contribution is 2.19. The van der Waals surface area contributed by atoms with Gasteiger partial charge in [0.2, 0.25) is 5.91 Å². The van der Waals surface area contributed by atoms with E-state index in [4.69, 9.17) is 9.84 Å². The second-order valence-corrected chi connectivity index (χ2v) is 5.85. The third kappa shape index (κ3) is 5.26. The van der Waals surface area contributed by atoms with Crippen molar-refractivity contribution in [2.75, 3.05) is 13.2 Å². The molecule has 24 heavy (non-hydrogen) atoms. The minimum Gasteiger partial charge on any atom is -0.481 e. The molecule has 2 rings (SSSR count). The molecule has 1 saturated heterocycles. The maximum Gasteiger partial charge on any atom is 0.305 e. The van der Waals surface area contributed by atoms with E-state index in [-0.39, 0.29) is 43.5 Å². The fourth-order valence-electron chi connectivity index (χ4n) is 2.71. The van der Waals surface area contributed by atoms with Gasteiger partial charge in [0.05, 0.1) is 12.5 Å². The van der Waals surface area contributed by atoms with E-state index in [0.717, 1.165) is 18.9 Å². The molecule has 0 aliphatic carbocycles. The van der Waals surface area contributed by atoms with Gasteiger partial charge in [-0.2, -0.15) is 0 Å². The summed E-state index contributed by atoms with van der Waals surface area (Å²) in [6.45, 7) is 0.493. The Morgan fingerprint density at radius 3 is 2.75 bits per heavy atom. The van der Waals surface area contributed by atoms with E-state index in [1.165, 1.54) is 17.0 Å². The van der Waals surface area contributed by atoms with Gasteiger partial charge in [-0.1, -0.05) is 12.1 Å². The summed E-state index contributed by atoms with van der Waals surface area (Å²) in [5.41, 5.74) is 0.0332.